The molecule has 1 unspecified atom stereocenters. The fourth-order valence-corrected chi connectivity index (χ4v) is 7.93. The van der Waals surface area contributed by atoms with E-state index >= 15 is 8.78 Å². The van der Waals surface area contributed by atoms with Gasteiger partial charge in [0, 0.05) is 41.1 Å². The lowest BCUT2D eigenvalue weighted by atomic mass is 9.85. The number of allylic oxidation sites excluding steroid dienone is 1. The Bertz CT molecular complexity index is 1630. The van der Waals surface area contributed by atoms with Gasteiger partial charge in [-0.3, -0.25) is 14.3 Å². The predicted molar refractivity (Wildman–Crippen MR) is 198 cm³/mol. The van der Waals surface area contributed by atoms with E-state index in [2.05, 4.69) is 53.8 Å². The van der Waals surface area contributed by atoms with Crippen LogP contribution in [0, 0.1) is 19.8 Å². The fourth-order valence-electron chi connectivity index (χ4n) is 7.93. The highest BCUT2D eigenvalue weighted by atomic mass is 19.3. The van der Waals surface area contributed by atoms with Crippen LogP contribution in [0.15, 0.2) is 47.3 Å². The average Bonchev–Trinajstić information content (AvgIpc) is 3.07. The van der Waals surface area contributed by atoms with Crippen LogP contribution in [0.25, 0.3) is 11.0 Å². The van der Waals surface area contributed by atoms with Gasteiger partial charge in [0.15, 0.2) is 0 Å². The third-order valence-corrected chi connectivity index (χ3v) is 11.2. The number of hydrogen-bond acceptors (Lipinski definition) is 5. The number of rotatable bonds is 13. The maximum absolute atomic E-state index is 15.4. The summed E-state index contributed by atoms with van der Waals surface area (Å²) in [4.78, 5) is 28.3. The minimum Gasteiger partial charge on any atom is -0.301 e. The van der Waals surface area contributed by atoms with Gasteiger partial charge >= 0.3 is 0 Å². The minimum absolute atomic E-state index is 0.0376. The lowest BCUT2D eigenvalue weighted by molar-refractivity contribution is -0.0847. The second-order valence-corrected chi connectivity index (χ2v) is 15.4. The van der Waals surface area contributed by atoms with Gasteiger partial charge in [0.05, 0.1) is 5.69 Å². The van der Waals surface area contributed by atoms with Crippen LogP contribution in [0.1, 0.15) is 132 Å². The van der Waals surface area contributed by atoms with E-state index in [-0.39, 0.29) is 29.0 Å². The molecule has 0 bridgehead atoms. The van der Waals surface area contributed by atoms with E-state index in [1.165, 1.54) is 0 Å². The molecule has 0 amide bonds. The van der Waals surface area contributed by atoms with Crippen molar-refractivity contribution in [2.45, 2.75) is 130 Å². The first-order chi connectivity index (χ1) is 23.4. The van der Waals surface area contributed by atoms with Gasteiger partial charge in [0.2, 0.25) is 0 Å². The summed E-state index contributed by atoms with van der Waals surface area (Å²) < 4.78 is 32.8. The van der Waals surface area contributed by atoms with Crippen LogP contribution in [0.2, 0.25) is 0 Å². The first-order valence-corrected chi connectivity index (χ1v) is 18.9. The van der Waals surface area contributed by atoms with E-state index in [4.69, 9.17) is 4.98 Å². The van der Waals surface area contributed by atoms with Gasteiger partial charge in [0.25, 0.3) is 11.5 Å². The van der Waals surface area contributed by atoms with Crippen LogP contribution in [0.4, 0.5) is 8.78 Å². The number of benzene rings is 1. The molecule has 6 nitrogen and oxygen atoms in total. The summed E-state index contributed by atoms with van der Waals surface area (Å²) in [6, 6.07) is 9.66. The number of alkyl halides is 2. The average molecular weight is 676 g/mol. The Morgan fingerprint density at radius 1 is 0.918 bits per heavy atom. The number of likely N-dealkylation sites (tertiary alicyclic amines) is 2. The molecule has 49 heavy (non-hydrogen) atoms. The maximum atomic E-state index is 15.4. The first-order valence-electron chi connectivity index (χ1n) is 18.9. The smallest absolute Gasteiger partial charge is 0.276 e. The third-order valence-electron chi connectivity index (χ3n) is 11.2. The van der Waals surface area contributed by atoms with Crippen LogP contribution in [-0.2, 0) is 5.92 Å². The highest BCUT2D eigenvalue weighted by Crippen LogP contribution is 2.42. The summed E-state index contributed by atoms with van der Waals surface area (Å²) in [6.07, 6.45) is 11.4. The summed E-state index contributed by atoms with van der Waals surface area (Å²) in [6.45, 7) is 18.9. The van der Waals surface area contributed by atoms with Crippen molar-refractivity contribution in [3.05, 3.63) is 81.0 Å². The molecule has 1 aromatic carbocycles. The zero-order valence-corrected chi connectivity index (χ0v) is 31.0. The largest absolute Gasteiger partial charge is 0.301 e. The van der Waals surface area contributed by atoms with Crippen LogP contribution in [0.3, 0.4) is 0 Å². The van der Waals surface area contributed by atoms with Crippen molar-refractivity contribution in [1.82, 2.24) is 24.3 Å². The number of pyridine rings is 1. The zero-order chi connectivity index (χ0) is 35.3. The number of piperidine rings is 2. The number of aryl methyl sites for hydroxylation is 2. The Morgan fingerprint density at radius 2 is 1.63 bits per heavy atom. The number of unbranched alkanes of at least 4 members (excludes halogenated alkanes) is 2. The molecule has 0 radical (unpaired) electrons. The monoisotopic (exact) mass is 675 g/mol. The Balaban J connectivity index is 1.12. The summed E-state index contributed by atoms with van der Waals surface area (Å²) in [7, 11) is 0. The number of nitrogens with zero attached hydrogens (tertiary/aromatic N) is 5. The molecule has 2 aliphatic rings. The van der Waals surface area contributed by atoms with Crippen molar-refractivity contribution in [3.63, 3.8) is 0 Å². The minimum atomic E-state index is -2.79. The van der Waals surface area contributed by atoms with Gasteiger partial charge in [-0.1, -0.05) is 50.6 Å². The van der Waals surface area contributed by atoms with Crippen molar-refractivity contribution in [3.8, 4) is 0 Å². The molecule has 2 aromatic heterocycles. The van der Waals surface area contributed by atoms with Crippen LogP contribution in [0.5, 0.6) is 0 Å². The van der Waals surface area contributed by atoms with Crippen molar-refractivity contribution < 1.29 is 8.78 Å². The normalized spacial score (nSPS) is 18.4. The second kappa shape index (κ2) is 16.4. The third kappa shape index (κ3) is 8.86. The Labute approximate surface area is 293 Å². The van der Waals surface area contributed by atoms with E-state index in [0.717, 1.165) is 86.0 Å². The SMILES string of the molecule is Cc1nc(C)c2cc(C3CCN(C(C)C)CC3)c(=O)n(C(C)CCCC/C=C/CN3CCC(C(F)(F)c4cccc(C(C)C)c4)CC3)c2n1. The molecule has 0 spiro atoms. The molecule has 268 valence electrons. The lowest BCUT2D eigenvalue weighted by Gasteiger charge is -2.35. The van der Waals surface area contributed by atoms with Crippen molar-refractivity contribution in [2.75, 3.05) is 32.7 Å². The summed E-state index contributed by atoms with van der Waals surface area (Å²) >= 11 is 0. The molecule has 2 fully saturated rings. The van der Waals surface area contributed by atoms with Crippen LogP contribution < -0.4 is 5.56 Å². The van der Waals surface area contributed by atoms with Crippen LogP contribution in [-0.4, -0.2) is 63.1 Å². The van der Waals surface area contributed by atoms with E-state index in [1.54, 1.807) is 18.2 Å². The molecule has 0 N–H and O–H groups in total. The number of fused-ring (bicyclic) bond motifs is 1. The van der Waals surface area contributed by atoms with E-state index in [1.807, 2.05) is 38.3 Å². The molecule has 5 rings (SSSR count). The molecule has 0 aliphatic carbocycles. The van der Waals surface area contributed by atoms with Crippen molar-refractivity contribution >= 4 is 11.0 Å². The highest BCUT2D eigenvalue weighted by Gasteiger charge is 2.42. The first kappa shape index (κ1) is 37.3. The summed E-state index contributed by atoms with van der Waals surface area (Å²) in [5, 5.41) is 0.995. The fraction of sp³-hybridized carbons (Fsp3) is 0.634. The number of hydrogen-bond donors (Lipinski definition) is 0. The topological polar surface area (TPSA) is 54.3 Å². The molecule has 4 heterocycles. The van der Waals surface area contributed by atoms with Gasteiger partial charge in [-0.2, -0.15) is 0 Å². The second-order valence-electron chi connectivity index (χ2n) is 15.4. The number of halogens is 2. The molecule has 3 aromatic rings. The Morgan fingerprint density at radius 3 is 2.31 bits per heavy atom. The van der Waals surface area contributed by atoms with Crippen molar-refractivity contribution in [1.29, 1.82) is 0 Å². The standard InChI is InChI=1S/C41H59F2N5O/c1-28(2)34-15-13-16-36(26-34)41(42,43)35-19-22-46(23-20-35)21-12-10-8-9-11-14-30(5)48-39-37(31(6)44-32(7)45-39)27-38(40(48)49)33-17-24-47(25-18-33)29(3)4/h10,12-13,15-16,26-30,33,35H,8-9,11,14,17-25H2,1-7H3/b12-10+. The lowest BCUT2D eigenvalue weighted by Crippen LogP contribution is -2.39. The molecule has 1 atom stereocenters. The van der Waals surface area contributed by atoms with Gasteiger partial charge in [-0.25, -0.2) is 18.7 Å². The predicted octanol–water partition coefficient (Wildman–Crippen LogP) is 9.30. The maximum Gasteiger partial charge on any atom is 0.276 e. The summed E-state index contributed by atoms with van der Waals surface area (Å²) in [5.41, 5.74) is 3.87. The Kier molecular flexibility index (Phi) is 12.5. The highest BCUT2D eigenvalue weighted by molar-refractivity contribution is 5.78. The van der Waals surface area contributed by atoms with E-state index in [0.29, 0.717) is 37.8 Å². The number of aromatic nitrogens is 3. The van der Waals surface area contributed by atoms with E-state index < -0.39 is 11.8 Å². The Hall–Kier alpha value is -2.97. The van der Waals surface area contributed by atoms with Gasteiger partial charge in [-0.05, 0) is 135 Å². The van der Waals surface area contributed by atoms with E-state index in [9.17, 15) is 4.79 Å². The molecule has 2 aliphatic heterocycles. The van der Waals surface area contributed by atoms with Crippen molar-refractivity contribution in [2.24, 2.45) is 5.92 Å². The molecule has 8 heteroatoms. The van der Waals surface area contributed by atoms with Gasteiger partial charge in [-0.15, -0.1) is 0 Å². The van der Waals surface area contributed by atoms with Gasteiger partial charge in [0.1, 0.15) is 11.5 Å². The molecule has 0 saturated carbocycles. The van der Waals surface area contributed by atoms with Crippen LogP contribution >= 0.6 is 0 Å². The van der Waals surface area contributed by atoms with Gasteiger partial charge < -0.3 is 4.90 Å². The quantitative estimate of drug-likeness (QED) is 0.134. The summed E-state index contributed by atoms with van der Waals surface area (Å²) in [5.74, 6) is -2.21. The molecular formula is C41H59F2N5O. The molecule has 2 saturated heterocycles. The molecular weight excluding hydrogens is 616 g/mol. The zero-order valence-electron chi connectivity index (χ0n) is 31.0.